The van der Waals surface area contributed by atoms with Crippen molar-refractivity contribution < 1.29 is 19.6 Å². The first kappa shape index (κ1) is 14.8. The number of nitrogens with zero attached hydrogens (tertiary/aromatic N) is 2. The topological polar surface area (TPSA) is 127 Å². The predicted molar refractivity (Wildman–Crippen MR) is 72.6 cm³/mol. The van der Waals surface area contributed by atoms with Crippen LogP contribution >= 0.6 is 0 Å². The summed E-state index contributed by atoms with van der Waals surface area (Å²) >= 11 is 0. The second-order valence-corrected chi connectivity index (χ2v) is 4.95. The van der Waals surface area contributed by atoms with Crippen molar-refractivity contribution in [3.63, 3.8) is 0 Å². The van der Waals surface area contributed by atoms with Gasteiger partial charge in [-0.25, -0.2) is 0 Å². The number of benzene rings is 1. The first-order valence-corrected chi connectivity index (χ1v) is 6.46. The van der Waals surface area contributed by atoms with Crippen LogP contribution in [0.2, 0.25) is 0 Å². The molecule has 2 rings (SSSR count). The first-order chi connectivity index (χ1) is 9.90. The summed E-state index contributed by atoms with van der Waals surface area (Å²) in [5.74, 6) is -1.74. The van der Waals surface area contributed by atoms with Crippen LogP contribution in [0.3, 0.4) is 0 Å². The molecule has 1 aromatic rings. The molecule has 21 heavy (non-hydrogen) atoms. The normalized spacial score (nSPS) is 18.3. The number of likely N-dealkylation sites (tertiary alicyclic amines) is 1. The number of phenolic OH excluding ortho intramolecular Hbond substituents is 1. The predicted octanol–water partition coefficient (Wildman–Crippen LogP) is 0.638. The fourth-order valence-corrected chi connectivity index (χ4v) is 2.42. The number of aromatic hydroxyl groups is 1. The van der Waals surface area contributed by atoms with Crippen molar-refractivity contribution >= 4 is 17.5 Å². The molecule has 1 saturated heterocycles. The van der Waals surface area contributed by atoms with E-state index in [-0.39, 0.29) is 23.5 Å². The van der Waals surface area contributed by atoms with Gasteiger partial charge in [-0.3, -0.25) is 19.7 Å². The average molecular weight is 293 g/mol. The van der Waals surface area contributed by atoms with Crippen LogP contribution in [0.25, 0.3) is 0 Å². The molecule has 2 amide bonds. The number of carbonyl (C=O) groups is 2. The molecule has 0 radical (unpaired) electrons. The summed E-state index contributed by atoms with van der Waals surface area (Å²) in [6.45, 7) is 0.538. The van der Waals surface area contributed by atoms with Crippen molar-refractivity contribution in [1.29, 1.82) is 0 Å². The summed E-state index contributed by atoms with van der Waals surface area (Å²) in [6.07, 6.45) is 1.20. The largest absolute Gasteiger partial charge is 0.508 e. The lowest BCUT2D eigenvalue weighted by Gasteiger charge is -2.31. The van der Waals surface area contributed by atoms with E-state index < -0.39 is 22.7 Å². The Hall–Kier alpha value is -2.64. The van der Waals surface area contributed by atoms with Crippen molar-refractivity contribution in [1.82, 2.24) is 4.90 Å². The molecule has 112 valence electrons. The van der Waals surface area contributed by atoms with E-state index in [1.165, 1.54) is 4.90 Å². The van der Waals surface area contributed by atoms with Crippen LogP contribution in [0.1, 0.15) is 23.2 Å². The molecule has 1 fully saturated rings. The van der Waals surface area contributed by atoms with E-state index in [1.807, 2.05) is 0 Å². The minimum Gasteiger partial charge on any atom is -0.508 e. The highest BCUT2D eigenvalue weighted by atomic mass is 16.6. The fourth-order valence-electron chi connectivity index (χ4n) is 2.42. The Balaban J connectivity index is 2.29. The van der Waals surface area contributed by atoms with E-state index in [2.05, 4.69) is 0 Å². The molecular formula is C13H15N3O5. The zero-order valence-electron chi connectivity index (χ0n) is 11.2. The van der Waals surface area contributed by atoms with Crippen LogP contribution in [0.15, 0.2) is 18.2 Å². The molecule has 8 nitrogen and oxygen atoms in total. The summed E-state index contributed by atoms with van der Waals surface area (Å²) in [5, 5.41) is 20.4. The Morgan fingerprint density at radius 2 is 2.14 bits per heavy atom. The molecule has 1 aliphatic heterocycles. The molecule has 1 unspecified atom stereocenters. The van der Waals surface area contributed by atoms with Crippen molar-refractivity contribution in [2.45, 2.75) is 12.8 Å². The van der Waals surface area contributed by atoms with Gasteiger partial charge in [0.05, 0.1) is 10.8 Å². The molecule has 0 spiro atoms. The number of amides is 2. The molecule has 1 aromatic carbocycles. The quantitative estimate of drug-likeness (QED) is 0.624. The van der Waals surface area contributed by atoms with Crippen molar-refractivity contribution in [2.24, 2.45) is 11.7 Å². The third kappa shape index (κ3) is 3.10. The molecule has 0 saturated carbocycles. The van der Waals surface area contributed by atoms with Gasteiger partial charge < -0.3 is 15.7 Å². The number of nitro groups is 1. The SMILES string of the molecule is NC(=O)C1CCCN(C(=O)c2cc(O)ccc2[N+](=O)[O-])C1. The van der Waals surface area contributed by atoms with Gasteiger partial charge in [0.1, 0.15) is 11.3 Å². The summed E-state index contributed by atoms with van der Waals surface area (Å²) in [4.78, 5) is 35.3. The molecule has 1 atom stereocenters. The highest BCUT2D eigenvalue weighted by Crippen LogP contribution is 2.26. The van der Waals surface area contributed by atoms with Crippen molar-refractivity contribution in [3.05, 3.63) is 33.9 Å². The standard InChI is InChI=1S/C13H15N3O5/c14-12(18)8-2-1-5-15(7-8)13(19)10-6-9(17)3-4-11(10)16(20)21/h3-4,6,8,17H,1-2,5,7H2,(H2,14,18). The smallest absolute Gasteiger partial charge is 0.282 e. The Kier molecular flexibility index (Phi) is 4.06. The third-order valence-electron chi connectivity index (χ3n) is 3.52. The van der Waals surface area contributed by atoms with E-state index in [1.54, 1.807) is 0 Å². The lowest BCUT2D eigenvalue weighted by molar-refractivity contribution is -0.385. The highest BCUT2D eigenvalue weighted by molar-refractivity contribution is 5.99. The minimum absolute atomic E-state index is 0.140. The van der Waals surface area contributed by atoms with Gasteiger partial charge in [-0.05, 0) is 25.0 Å². The van der Waals surface area contributed by atoms with E-state index in [9.17, 15) is 24.8 Å². The molecule has 1 heterocycles. The Morgan fingerprint density at radius 3 is 2.76 bits per heavy atom. The monoisotopic (exact) mass is 293 g/mol. The maximum absolute atomic E-state index is 12.4. The van der Waals surface area contributed by atoms with Gasteiger partial charge in [0.15, 0.2) is 0 Å². The van der Waals surface area contributed by atoms with E-state index in [4.69, 9.17) is 5.73 Å². The van der Waals surface area contributed by atoms with E-state index in [0.717, 1.165) is 18.2 Å². The van der Waals surface area contributed by atoms with Crippen LogP contribution in [0.5, 0.6) is 5.75 Å². The second kappa shape index (κ2) is 5.78. The molecule has 0 aliphatic carbocycles. The number of primary amides is 1. The average Bonchev–Trinajstić information content (AvgIpc) is 2.46. The van der Waals surface area contributed by atoms with Gasteiger partial charge in [-0.2, -0.15) is 0 Å². The molecular weight excluding hydrogens is 278 g/mol. The molecule has 8 heteroatoms. The minimum atomic E-state index is -0.678. The molecule has 0 aromatic heterocycles. The third-order valence-corrected chi connectivity index (χ3v) is 3.52. The molecule has 1 aliphatic rings. The number of piperidine rings is 1. The number of hydrogen-bond acceptors (Lipinski definition) is 5. The van der Waals surface area contributed by atoms with Crippen LogP contribution in [-0.4, -0.2) is 39.8 Å². The number of carbonyl (C=O) groups excluding carboxylic acids is 2. The van der Waals surface area contributed by atoms with Gasteiger partial charge in [-0.1, -0.05) is 0 Å². The fraction of sp³-hybridized carbons (Fsp3) is 0.385. The Morgan fingerprint density at radius 1 is 1.43 bits per heavy atom. The van der Waals surface area contributed by atoms with E-state index in [0.29, 0.717) is 19.4 Å². The van der Waals surface area contributed by atoms with Crippen molar-refractivity contribution in [2.75, 3.05) is 13.1 Å². The van der Waals surface area contributed by atoms with Gasteiger partial charge in [-0.15, -0.1) is 0 Å². The van der Waals surface area contributed by atoms with Crippen LogP contribution < -0.4 is 5.73 Å². The van der Waals surface area contributed by atoms with Crippen molar-refractivity contribution in [3.8, 4) is 5.75 Å². The number of nitro benzene ring substituents is 1. The van der Waals surface area contributed by atoms with Gasteiger partial charge in [0.25, 0.3) is 11.6 Å². The molecule has 0 bridgehead atoms. The second-order valence-electron chi connectivity index (χ2n) is 4.95. The first-order valence-electron chi connectivity index (χ1n) is 6.46. The Labute approximate surface area is 120 Å². The van der Waals surface area contributed by atoms with Crippen LogP contribution in [-0.2, 0) is 4.79 Å². The number of nitrogens with two attached hydrogens (primary N) is 1. The number of hydrogen-bond donors (Lipinski definition) is 2. The van der Waals surface area contributed by atoms with Crippen LogP contribution in [0, 0.1) is 16.0 Å². The summed E-state index contributed by atoms with van der Waals surface area (Å²) in [6, 6.07) is 3.30. The lowest BCUT2D eigenvalue weighted by Crippen LogP contribution is -2.44. The summed E-state index contributed by atoms with van der Waals surface area (Å²) in [5.41, 5.74) is 4.68. The Bertz CT molecular complexity index is 601. The maximum atomic E-state index is 12.4. The van der Waals surface area contributed by atoms with Crippen LogP contribution in [0.4, 0.5) is 5.69 Å². The van der Waals surface area contributed by atoms with E-state index >= 15 is 0 Å². The zero-order valence-corrected chi connectivity index (χ0v) is 11.2. The maximum Gasteiger partial charge on any atom is 0.282 e. The molecule has 3 N–H and O–H groups in total. The number of phenols is 1. The van der Waals surface area contributed by atoms with Gasteiger partial charge >= 0.3 is 0 Å². The summed E-state index contributed by atoms with van der Waals surface area (Å²) in [7, 11) is 0. The highest BCUT2D eigenvalue weighted by Gasteiger charge is 2.31. The van der Waals surface area contributed by atoms with Gasteiger partial charge in [0.2, 0.25) is 5.91 Å². The summed E-state index contributed by atoms with van der Waals surface area (Å²) < 4.78 is 0. The van der Waals surface area contributed by atoms with Gasteiger partial charge in [0, 0.05) is 19.2 Å². The zero-order chi connectivity index (χ0) is 15.6. The lowest BCUT2D eigenvalue weighted by atomic mass is 9.96. The number of rotatable bonds is 3.